The number of hydrogen-bond donors (Lipinski definition) is 2. The molecule has 6 nitrogen and oxygen atoms in total. The highest BCUT2D eigenvalue weighted by Crippen LogP contribution is 2.29. The van der Waals surface area contributed by atoms with E-state index in [4.69, 9.17) is 0 Å². The number of carbonyl (C=O) groups is 3. The normalized spacial score (nSPS) is 13.0. The van der Waals surface area contributed by atoms with Crippen molar-refractivity contribution in [2.45, 2.75) is 26.7 Å². The zero-order valence-electron chi connectivity index (χ0n) is 14.8. The van der Waals surface area contributed by atoms with Crippen molar-refractivity contribution in [2.75, 3.05) is 22.1 Å². The molecule has 2 aromatic carbocycles. The molecule has 3 amide bonds. The smallest absolute Gasteiger partial charge is 0.244 e. The molecule has 1 heterocycles. The summed E-state index contributed by atoms with van der Waals surface area (Å²) in [6.07, 6.45) is 0.102. The van der Waals surface area contributed by atoms with Crippen LogP contribution < -0.4 is 15.5 Å². The molecule has 0 aromatic heterocycles. The van der Waals surface area contributed by atoms with E-state index in [9.17, 15) is 14.4 Å². The molecule has 0 saturated carbocycles. The zero-order valence-corrected chi connectivity index (χ0v) is 14.8. The molecule has 0 atom stereocenters. The maximum absolute atomic E-state index is 12.5. The molecule has 6 heteroatoms. The van der Waals surface area contributed by atoms with Crippen LogP contribution in [0.5, 0.6) is 0 Å². The van der Waals surface area contributed by atoms with Gasteiger partial charge in [0.2, 0.25) is 17.7 Å². The number of nitrogens with one attached hydrogen (secondary N) is 2. The Bertz CT molecular complexity index is 856. The lowest BCUT2D eigenvalue weighted by atomic mass is 10.1. The van der Waals surface area contributed by atoms with Gasteiger partial charge in [-0.15, -0.1) is 0 Å². The van der Waals surface area contributed by atoms with E-state index in [0.29, 0.717) is 11.4 Å². The van der Waals surface area contributed by atoms with Crippen molar-refractivity contribution in [3.05, 3.63) is 53.6 Å². The van der Waals surface area contributed by atoms with Crippen LogP contribution in [-0.4, -0.2) is 24.3 Å². The van der Waals surface area contributed by atoms with Crippen LogP contribution in [0, 0.1) is 13.8 Å². The Kier molecular flexibility index (Phi) is 5.02. The van der Waals surface area contributed by atoms with Crippen LogP contribution in [-0.2, 0) is 14.4 Å². The number of rotatable bonds is 4. The third-order valence-corrected chi connectivity index (χ3v) is 4.14. The lowest BCUT2D eigenvalue weighted by Gasteiger charge is -2.29. The SMILES string of the molecule is Cc1cc(C)cc(NC(=O)CCC(=O)N2CC(=O)Nc3ccccc32)c1. The average Bonchev–Trinajstić information content (AvgIpc) is 2.58. The van der Waals surface area contributed by atoms with Gasteiger partial charge in [-0.3, -0.25) is 14.4 Å². The van der Waals surface area contributed by atoms with Gasteiger partial charge in [0.25, 0.3) is 0 Å². The minimum atomic E-state index is -0.247. The van der Waals surface area contributed by atoms with Crippen LogP contribution in [0.15, 0.2) is 42.5 Å². The highest BCUT2D eigenvalue weighted by Gasteiger charge is 2.26. The summed E-state index contributed by atoms with van der Waals surface area (Å²) in [7, 11) is 0. The average molecular weight is 351 g/mol. The Morgan fingerprint density at radius 3 is 2.50 bits per heavy atom. The highest BCUT2D eigenvalue weighted by molar-refractivity contribution is 6.10. The first-order valence-electron chi connectivity index (χ1n) is 8.50. The first-order valence-corrected chi connectivity index (χ1v) is 8.50. The van der Waals surface area contributed by atoms with E-state index in [1.54, 1.807) is 18.2 Å². The van der Waals surface area contributed by atoms with Crippen LogP contribution in [0.2, 0.25) is 0 Å². The molecular formula is C20H21N3O3. The molecule has 0 radical (unpaired) electrons. The Hall–Kier alpha value is -3.15. The van der Waals surface area contributed by atoms with Gasteiger partial charge in [-0.05, 0) is 49.2 Å². The number of para-hydroxylation sites is 2. The number of amides is 3. The maximum Gasteiger partial charge on any atom is 0.244 e. The summed E-state index contributed by atoms with van der Waals surface area (Å²) in [5.74, 6) is -0.710. The van der Waals surface area contributed by atoms with Gasteiger partial charge in [0.05, 0.1) is 11.4 Å². The first kappa shape index (κ1) is 17.7. The molecule has 1 aliphatic rings. The minimum absolute atomic E-state index is 0.0332. The van der Waals surface area contributed by atoms with E-state index in [2.05, 4.69) is 10.6 Å². The zero-order chi connectivity index (χ0) is 18.7. The van der Waals surface area contributed by atoms with Crippen molar-refractivity contribution < 1.29 is 14.4 Å². The molecule has 26 heavy (non-hydrogen) atoms. The van der Waals surface area contributed by atoms with E-state index in [1.165, 1.54) is 4.90 Å². The van der Waals surface area contributed by atoms with Gasteiger partial charge in [0.1, 0.15) is 6.54 Å². The second-order valence-corrected chi connectivity index (χ2v) is 6.47. The Labute approximate surface area is 152 Å². The Morgan fingerprint density at radius 2 is 1.77 bits per heavy atom. The van der Waals surface area contributed by atoms with Crippen molar-refractivity contribution >= 4 is 34.8 Å². The van der Waals surface area contributed by atoms with Gasteiger partial charge in [0, 0.05) is 18.5 Å². The van der Waals surface area contributed by atoms with Crippen molar-refractivity contribution in [1.29, 1.82) is 0 Å². The van der Waals surface area contributed by atoms with Crippen molar-refractivity contribution in [2.24, 2.45) is 0 Å². The topological polar surface area (TPSA) is 78.5 Å². The molecule has 1 aliphatic heterocycles. The molecule has 0 unspecified atom stereocenters. The van der Waals surface area contributed by atoms with Crippen LogP contribution in [0.4, 0.5) is 17.1 Å². The summed E-state index contributed by atoms with van der Waals surface area (Å²) in [6, 6.07) is 12.9. The molecule has 2 aromatic rings. The fourth-order valence-electron chi connectivity index (χ4n) is 3.08. The van der Waals surface area contributed by atoms with Crippen molar-refractivity contribution in [3.63, 3.8) is 0 Å². The summed E-state index contributed by atoms with van der Waals surface area (Å²) in [6.45, 7) is 3.89. The van der Waals surface area contributed by atoms with Gasteiger partial charge >= 0.3 is 0 Å². The van der Waals surface area contributed by atoms with Crippen LogP contribution >= 0.6 is 0 Å². The van der Waals surface area contributed by atoms with E-state index in [-0.39, 0.29) is 37.1 Å². The summed E-state index contributed by atoms with van der Waals surface area (Å²) < 4.78 is 0. The molecule has 3 rings (SSSR count). The van der Waals surface area contributed by atoms with Gasteiger partial charge in [-0.25, -0.2) is 0 Å². The third-order valence-electron chi connectivity index (χ3n) is 4.14. The number of nitrogens with zero attached hydrogens (tertiary/aromatic N) is 1. The van der Waals surface area contributed by atoms with E-state index < -0.39 is 0 Å². The number of fused-ring (bicyclic) bond motifs is 1. The van der Waals surface area contributed by atoms with Crippen molar-refractivity contribution in [3.8, 4) is 0 Å². The maximum atomic E-state index is 12.5. The first-order chi connectivity index (χ1) is 12.4. The predicted molar refractivity (Wildman–Crippen MR) is 101 cm³/mol. The molecule has 0 saturated heterocycles. The van der Waals surface area contributed by atoms with Crippen LogP contribution in [0.1, 0.15) is 24.0 Å². The molecule has 0 fully saturated rings. The Morgan fingerprint density at radius 1 is 1.08 bits per heavy atom. The highest BCUT2D eigenvalue weighted by atomic mass is 16.2. The number of carbonyl (C=O) groups excluding carboxylic acids is 3. The molecule has 134 valence electrons. The quantitative estimate of drug-likeness (QED) is 0.889. The summed E-state index contributed by atoms with van der Waals surface area (Å²) in [4.78, 5) is 37.9. The summed E-state index contributed by atoms with van der Waals surface area (Å²) >= 11 is 0. The lowest BCUT2D eigenvalue weighted by Crippen LogP contribution is -2.42. The molecular weight excluding hydrogens is 330 g/mol. The van der Waals surface area contributed by atoms with Gasteiger partial charge < -0.3 is 15.5 Å². The second-order valence-electron chi connectivity index (χ2n) is 6.47. The fourth-order valence-corrected chi connectivity index (χ4v) is 3.08. The largest absolute Gasteiger partial charge is 0.326 e. The minimum Gasteiger partial charge on any atom is -0.326 e. The monoisotopic (exact) mass is 351 g/mol. The lowest BCUT2D eigenvalue weighted by molar-refractivity contribution is -0.124. The standard InChI is InChI=1S/C20H21N3O3/c1-13-9-14(2)11-15(10-13)21-18(24)7-8-20(26)23-12-19(25)22-16-5-3-4-6-17(16)23/h3-6,9-11H,7-8,12H2,1-2H3,(H,21,24)(H,22,25). The van der Waals surface area contributed by atoms with Gasteiger partial charge in [-0.2, -0.15) is 0 Å². The number of benzene rings is 2. The number of hydrogen-bond acceptors (Lipinski definition) is 3. The number of anilines is 3. The Balaban J connectivity index is 1.62. The molecule has 0 spiro atoms. The molecule has 0 aliphatic carbocycles. The van der Waals surface area contributed by atoms with E-state index in [1.807, 2.05) is 38.1 Å². The number of aryl methyl sites for hydroxylation is 2. The van der Waals surface area contributed by atoms with Crippen molar-refractivity contribution in [1.82, 2.24) is 0 Å². The van der Waals surface area contributed by atoms with Crippen LogP contribution in [0.3, 0.4) is 0 Å². The van der Waals surface area contributed by atoms with Gasteiger partial charge in [-0.1, -0.05) is 18.2 Å². The molecule has 2 N–H and O–H groups in total. The predicted octanol–water partition coefficient (Wildman–Crippen LogP) is 3.01. The van der Waals surface area contributed by atoms with E-state index >= 15 is 0 Å². The second kappa shape index (κ2) is 7.39. The van der Waals surface area contributed by atoms with Crippen LogP contribution in [0.25, 0.3) is 0 Å². The molecule has 0 bridgehead atoms. The summed E-state index contributed by atoms with van der Waals surface area (Å²) in [5.41, 5.74) is 4.12. The summed E-state index contributed by atoms with van der Waals surface area (Å²) in [5, 5.41) is 5.56. The third kappa shape index (κ3) is 4.08. The van der Waals surface area contributed by atoms with Gasteiger partial charge in [0.15, 0.2) is 0 Å². The van der Waals surface area contributed by atoms with E-state index in [0.717, 1.165) is 16.8 Å². The fraction of sp³-hybridized carbons (Fsp3) is 0.250.